The molecule has 2 rings (SSSR count). The second kappa shape index (κ2) is 3.21. The minimum absolute atomic E-state index is 0.209. The molecule has 0 radical (unpaired) electrons. The van der Waals surface area contributed by atoms with Gasteiger partial charge in [-0.15, -0.1) is 0 Å². The smallest absolute Gasteiger partial charge is 0.338 e. The van der Waals surface area contributed by atoms with Crippen molar-refractivity contribution in [2.24, 2.45) is 0 Å². The number of esters is 1. The Bertz CT molecular complexity index is 342. The molecule has 0 saturated carbocycles. The average Bonchev–Trinajstić information content (AvgIpc) is 2.63. The van der Waals surface area contributed by atoms with E-state index in [1.165, 1.54) is 18.2 Å². The van der Waals surface area contributed by atoms with Gasteiger partial charge in [0.15, 0.2) is 0 Å². The Morgan fingerprint density at radius 2 is 2.23 bits per heavy atom. The first-order valence-corrected chi connectivity index (χ1v) is 4.52. The molecular formula is C11H12O2. The number of carbonyl (C=O) groups excluding carboxylic acids is 1. The maximum atomic E-state index is 11.4. The number of hydrogen-bond donors (Lipinski definition) is 0. The van der Waals surface area contributed by atoms with Crippen molar-refractivity contribution in [3.05, 3.63) is 34.9 Å². The van der Waals surface area contributed by atoms with Crippen molar-refractivity contribution < 1.29 is 9.53 Å². The Hall–Kier alpha value is -1.31. The molecule has 0 aromatic heterocycles. The third-order valence-corrected chi connectivity index (χ3v) is 2.55. The summed E-state index contributed by atoms with van der Waals surface area (Å²) in [6, 6.07) is 5.86. The Morgan fingerprint density at radius 1 is 1.38 bits per heavy atom. The summed E-state index contributed by atoms with van der Waals surface area (Å²) in [6.07, 6.45) is 3.27. The molecule has 0 N–H and O–H groups in total. The Balaban J connectivity index is 2.47. The van der Waals surface area contributed by atoms with E-state index in [9.17, 15) is 4.79 Å². The fourth-order valence-electron chi connectivity index (χ4n) is 1.92. The van der Waals surface area contributed by atoms with Crippen molar-refractivity contribution in [1.29, 1.82) is 0 Å². The zero-order chi connectivity index (χ0) is 9.26. The molecule has 1 aromatic rings. The molecule has 68 valence electrons. The predicted molar refractivity (Wildman–Crippen MR) is 49.8 cm³/mol. The first kappa shape index (κ1) is 8.30. The van der Waals surface area contributed by atoms with Crippen molar-refractivity contribution in [2.75, 3.05) is 7.11 Å². The Kier molecular flexibility index (Phi) is 2.05. The highest BCUT2D eigenvalue weighted by molar-refractivity contribution is 5.91. The number of benzene rings is 1. The van der Waals surface area contributed by atoms with Crippen LogP contribution in [0.4, 0.5) is 0 Å². The topological polar surface area (TPSA) is 26.3 Å². The second-order valence-corrected chi connectivity index (χ2v) is 3.29. The van der Waals surface area contributed by atoms with Crippen LogP contribution in [-0.4, -0.2) is 13.1 Å². The molecule has 2 heteroatoms. The molecule has 0 saturated heterocycles. The molecule has 0 fully saturated rings. The minimum atomic E-state index is -0.209. The Morgan fingerprint density at radius 3 is 3.00 bits per heavy atom. The zero-order valence-corrected chi connectivity index (χ0v) is 7.67. The predicted octanol–water partition coefficient (Wildman–Crippen LogP) is 1.96. The van der Waals surface area contributed by atoms with Crippen molar-refractivity contribution in [3.8, 4) is 0 Å². The molecule has 0 heterocycles. The van der Waals surface area contributed by atoms with Crippen molar-refractivity contribution in [2.45, 2.75) is 19.3 Å². The van der Waals surface area contributed by atoms with Crippen molar-refractivity contribution in [3.63, 3.8) is 0 Å². The van der Waals surface area contributed by atoms with E-state index in [4.69, 9.17) is 4.74 Å². The van der Waals surface area contributed by atoms with Gasteiger partial charge in [0, 0.05) is 0 Å². The first-order chi connectivity index (χ1) is 6.33. The lowest BCUT2D eigenvalue weighted by Crippen LogP contribution is -2.05. The number of fused-ring (bicyclic) bond motifs is 1. The van der Waals surface area contributed by atoms with Gasteiger partial charge < -0.3 is 4.74 Å². The summed E-state index contributed by atoms with van der Waals surface area (Å²) in [4.78, 5) is 11.4. The van der Waals surface area contributed by atoms with E-state index in [-0.39, 0.29) is 5.97 Å². The van der Waals surface area contributed by atoms with Gasteiger partial charge in [-0.1, -0.05) is 12.1 Å². The van der Waals surface area contributed by atoms with Crippen LogP contribution in [0.2, 0.25) is 0 Å². The minimum Gasteiger partial charge on any atom is -0.465 e. The quantitative estimate of drug-likeness (QED) is 0.611. The molecule has 13 heavy (non-hydrogen) atoms. The molecule has 0 amide bonds. The van der Waals surface area contributed by atoms with Crippen LogP contribution in [0.3, 0.4) is 0 Å². The van der Waals surface area contributed by atoms with Crippen LogP contribution in [0.5, 0.6) is 0 Å². The summed E-state index contributed by atoms with van der Waals surface area (Å²) >= 11 is 0. The second-order valence-electron chi connectivity index (χ2n) is 3.29. The fourth-order valence-corrected chi connectivity index (χ4v) is 1.92. The molecule has 1 aliphatic rings. The van der Waals surface area contributed by atoms with Gasteiger partial charge in [-0.2, -0.15) is 0 Å². The molecular weight excluding hydrogens is 164 g/mol. The number of hydrogen-bond acceptors (Lipinski definition) is 2. The van der Waals surface area contributed by atoms with Gasteiger partial charge >= 0.3 is 5.97 Å². The standard InChI is InChI=1S/C11H12O2/c1-13-11(12)10-7-3-5-8-4-2-6-9(8)10/h3,5,7H,2,4,6H2,1H3. The van der Waals surface area contributed by atoms with Crippen LogP contribution >= 0.6 is 0 Å². The van der Waals surface area contributed by atoms with Gasteiger partial charge in [0.1, 0.15) is 0 Å². The van der Waals surface area contributed by atoms with Crippen LogP contribution in [0.1, 0.15) is 27.9 Å². The van der Waals surface area contributed by atoms with Crippen LogP contribution in [-0.2, 0) is 17.6 Å². The molecule has 0 spiro atoms. The molecule has 2 nitrogen and oxygen atoms in total. The lowest BCUT2D eigenvalue weighted by molar-refractivity contribution is 0.0599. The van der Waals surface area contributed by atoms with Gasteiger partial charge in [0.25, 0.3) is 0 Å². The van der Waals surface area contributed by atoms with E-state index in [0.717, 1.165) is 24.8 Å². The SMILES string of the molecule is COC(=O)c1cccc2c1CCC2. The fraction of sp³-hybridized carbons (Fsp3) is 0.364. The lowest BCUT2D eigenvalue weighted by Gasteiger charge is -2.05. The van der Waals surface area contributed by atoms with E-state index in [0.29, 0.717) is 0 Å². The summed E-state index contributed by atoms with van der Waals surface area (Å²) in [5, 5.41) is 0. The van der Waals surface area contributed by atoms with Gasteiger partial charge in [-0.05, 0) is 36.5 Å². The van der Waals surface area contributed by atoms with E-state index in [2.05, 4.69) is 6.07 Å². The summed E-state index contributed by atoms with van der Waals surface area (Å²) in [5.74, 6) is -0.209. The van der Waals surface area contributed by atoms with Crippen LogP contribution in [0.15, 0.2) is 18.2 Å². The van der Waals surface area contributed by atoms with Gasteiger partial charge in [-0.3, -0.25) is 0 Å². The third-order valence-electron chi connectivity index (χ3n) is 2.55. The molecule has 0 aliphatic heterocycles. The number of aryl methyl sites for hydroxylation is 1. The van der Waals surface area contributed by atoms with E-state index >= 15 is 0 Å². The number of ether oxygens (including phenoxy) is 1. The van der Waals surface area contributed by atoms with Crippen molar-refractivity contribution in [1.82, 2.24) is 0 Å². The van der Waals surface area contributed by atoms with Crippen LogP contribution < -0.4 is 0 Å². The van der Waals surface area contributed by atoms with E-state index < -0.39 is 0 Å². The molecule has 0 atom stereocenters. The summed E-state index contributed by atoms with van der Waals surface area (Å²) < 4.78 is 4.72. The summed E-state index contributed by atoms with van der Waals surface area (Å²) in [6.45, 7) is 0. The van der Waals surface area contributed by atoms with E-state index in [1.54, 1.807) is 0 Å². The Labute approximate surface area is 77.5 Å². The molecule has 0 unspecified atom stereocenters. The van der Waals surface area contributed by atoms with Gasteiger partial charge in [0.2, 0.25) is 0 Å². The van der Waals surface area contributed by atoms with Gasteiger partial charge in [0.05, 0.1) is 12.7 Å². The highest BCUT2D eigenvalue weighted by Gasteiger charge is 2.18. The van der Waals surface area contributed by atoms with E-state index in [1.807, 2.05) is 12.1 Å². The summed E-state index contributed by atoms with van der Waals surface area (Å²) in [7, 11) is 1.43. The summed E-state index contributed by atoms with van der Waals surface area (Å²) in [5.41, 5.74) is 3.25. The third kappa shape index (κ3) is 1.32. The zero-order valence-electron chi connectivity index (χ0n) is 7.67. The largest absolute Gasteiger partial charge is 0.465 e. The normalized spacial score (nSPS) is 13.9. The van der Waals surface area contributed by atoms with Crippen molar-refractivity contribution >= 4 is 5.97 Å². The number of rotatable bonds is 1. The van der Waals surface area contributed by atoms with Gasteiger partial charge in [-0.25, -0.2) is 4.79 Å². The average molecular weight is 176 g/mol. The highest BCUT2D eigenvalue weighted by Crippen LogP contribution is 2.25. The molecule has 0 bridgehead atoms. The molecule has 1 aromatic carbocycles. The molecule has 1 aliphatic carbocycles. The highest BCUT2D eigenvalue weighted by atomic mass is 16.5. The lowest BCUT2D eigenvalue weighted by atomic mass is 10.0. The number of carbonyl (C=O) groups is 1. The monoisotopic (exact) mass is 176 g/mol. The van der Waals surface area contributed by atoms with Crippen LogP contribution in [0.25, 0.3) is 0 Å². The first-order valence-electron chi connectivity index (χ1n) is 4.52. The van der Waals surface area contributed by atoms with Crippen LogP contribution in [0, 0.1) is 0 Å². The number of methoxy groups -OCH3 is 1. The maximum Gasteiger partial charge on any atom is 0.338 e. The maximum absolute atomic E-state index is 11.4.